The average molecular weight is 325 g/mol. The smallest absolute Gasteiger partial charge is 0.318 e. The van der Waals surface area contributed by atoms with E-state index in [1.807, 2.05) is 22.8 Å². The number of nitrogens with zero attached hydrogens (tertiary/aromatic N) is 1. The number of nitrogens with two attached hydrogens (primary N) is 1. The van der Waals surface area contributed by atoms with Crippen molar-refractivity contribution in [3.8, 4) is 0 Å². The van der Waals surface area contributed by atoms with E-state index in [1.54, 1.807) is 6.08 Å². The van der Waals surface area contributed by atoms with Crippen LogP contribution in [0.15, 0.2) is 22.4 Å². The van der Waals surface area contributed by atoms with E-state index in [4.69, 9.17) is 5.73 Å². The van der Waals surface area contributed by atoms with E-state index in [9.17, 15) is 19.2 Å². The molecule has 5 amide bonds. The molecule has 0 bridgehead atoms. The summed E-state index contributed by atoms with van der Waals surface area (Å²) in [7, 11) is 0. The summed E-state index contributed by atoms with van der Waals surface area (Å²) in [6, 6.07) is 2.71. The molecule has 1 fully saturated rings. The average Bonchev–Trinajstić information content (AvgIpc) is 2.97. The predicted octanol–water partition coefficient (Wildman–Crippen LogP) is 1.37. The number of carbonyl (C=O) groups is 4. The molecule has 0 unspecified atom stereocenters. The van der Waals surface area contributed by atoms with Gasteiger partial charge in [-0.05, 0) is 29.3 Å². The fraction of sp³-hybridized carbons (Fsp3) is 0.167. The Labute approximate surface area is 128 Å². The third-order valence-corrected chi connectivity index (χ3v) is 4.24. The van der Waals surface area contributed by atoms with Gasteiger partial charge in [-0.25, -0.2) is 4.79 Å². The monoisotopic (exact) mass is 325 g/mol. The van der Waals surface area contributed by atoms with E-state index in [1.165, 1.54) is 11.3 Å². The second kappa shape index (κ2) is 6.55. The van der Waals surface area contributed by atoms with Gasteiger partial charge in [0.2, 0.25) is 5.91 Å². The van der Waals surface area contributed by atoms with Crippen LogP contribution >= 0.6 is 23.1 Å². The molecule has 1 saturated heterocycles. The zero-order valence-electron chi connectivity index (χ0n) is 10.7. The van der Waals surface area contributed by atoms with Crippen molar-refractivity contribution >= 4 is 52.3 Å². The standard InChI is InChI=1S/C12H11N3O4S2/c13-11(18)14-9(16)3-4-15-10(17)8(21-12(15)19)6-7-2-1-5-20-7/h1-2,5-6H,3-4H2,(H3,13,14,16,18)/b8-6-. The number of thioether (sulfide) groups is 1. The molecule has 1 aliphatic heterocycles. The zero-order valence-corrected chi connectivity index (χ0v) is 12.3. The largest absolute Gasteiger partial charge is 0.351 e. The molecule has 1 aromatic rings. The number of primary amides is 1. The lowest BCUT2D eigenvalue weighted by Crippen LogP contribution is -2.38. The van der Waals surface area contributed by atoms with Gasteiger partial charge in [-0.2, -0.15) is 0 Å². The first kappa shape index (κ1) is 15.3. The molecule has 0 aromatic carbocycles. The van der Waals surface area contributed by atoms with Gasteiger partial charge >= 0.3 is 6.03 Å². The van der Waals surface area contributed by atoms with Gasteiger partial charge in [0.25, 0.3) is 11.1 Å². The van der Waals surface area contributed by atoms with Gasteiger partial charge in [-0.3, -0.25) is 24.6 Å². The number of nitrogens with one attached hydrogen (secondary N) is 1. The van der Waals surface area contributed by atoms with Crippen molar-refractivity contribution in [1.29, 1.82) is 0 Å². The lowest BCUT2D eigenvalue weighted by Gasteiger charge is -2.11. The second-order valence-electron chi connectivity index (χ2n) is 4.01. The highest BCUT2D eigenvalue weighted by Gasteiger charge is 2.35. The van der Waals surface area contributed by atoms with Crippen molar-refractivity contribution in [3.63, 3.8) is 0 Å². The first-order chi connectivity index (χ1) is 9.97. The normalized spacial score (nSPS) is 16.6. The highest BCUT2D eigenvalue weighted by atomic mass is 32.2. The van der Waals surface area contributed by atoms with Crippen LogP contribution in [0, 0.1) is 0 Å². The maximum Gasteiger partial charge on any atom is 0.318 e. The van der Waals surface area contributed by atoms with Gasteiger partial charge in [0.15, 0.2) is 0 Å². The molecular formula is C12H11N3O4S2. The van der Waals surface area contributed by atoms with E-state index in [0.717, 1.165) is 21.5 Å². The van der Waals surface area contributed by atoms with Crippen LogP contribution in [0.3, 0.4) is 0 Å². The van der Waals surface area contributed by atoms with E-state index in [0.29, 0.717) is 4.91 Å². The Balaban J connectivity index is 1.99. The number of amides is 5. The summed E-state index contributed by atoms with van der Waals surface area (Å²) in [6.45, 7) is -0.0917. The minimum absolute atomic E-state index is 0.0917. The number of rotatable bonds is 4. The van der Waals surface area contributed by atoms with Crippen LogP contribution in [0.1, 0.15) is 11.3 Å². The summed E-state index contributed by atoms with van der Waals surface area (Å²) in [5, 5.41) is 3.30. The third kappa shape index (κ3) is 3.92. The third-order valence-electron chi connectivity index (χ3n) is 2.52. The molecule has 3 N–H and O–H groups in total. The molecule has 110 valence electrons. The van der Waals surface area contributed by atoms with Crippen LogP contribution < -0.4 is 11.1 Å². The molecule has 1 aliphatic rings. The Morgan fingerprint density at radius 3 is 2.76 bits per heavy atom. The number of imide groups is 2. The molecule has 21 heavy (non-hydrogen) atoms. The summed E-state index contributed by atoms with van der Waals surface area (Å²) in [5.41, 5.74) is 4.80. The van der Waals surface area contributed by atoms with Crippen LogP contribution in [0.5, 0.6) is 0 Å². The molecule has 0 saturated carbocycles. The van der Waals surface area contributed by atoms with Crippen LogP contribution in [0.25, 0.3) is 6.08 Å². The fourth-order valence-electron chi connectivity index (χ4n) is 1.61. The van der Waals surface area contributed by atoms with E-state index >= 15 is 0 Å². The summed E-state index contributed by atoms with van der Waals surface area (Å²) in [6.07, 6.45) is 1.46. The molecule has 2 heterocycles. The van der Waals surface area contributed by atoms with E-state index in [-0.39, 0.29) is 13.0 Å². The maximum atomic E-state index is 12.1. The van der Waals surface area contributed by atoms with Gasteiger partial charge in [0, 0.05) is 17.8 Å². The highest BCUT2D eigenvalue weighted by molar-refractivity contribution is 8.18. The van der Waals surface area contributed by atoms with Crippen molar-refractivity contribution in [2.45, 2.75) is 6.42 Å². The predicted molar refractivity (Wildman–Crippen MR) is 79.3 cm³/mol. The van der Waals surface area contributed by atoms with Gasteiger partial charge in [0.1, 0.15) is 0 Å². The van der Waals surface area contributed by atoms with Gasteiger partial charge in [-0.15, -0.1) is 11.3 Å². The van der Waals surface area contributed by atoms with Gasteiger partial charge < -0.3 is 5.73 Å². The maximum absolute atomic E-state index is 12.1. The van der Waals surface area contributed by atoms with Crippen molar-refractivity contribution in [2.75, 3.05) is 6.54 Å². The SMILES string of the molecule is NC(=O)NC(=O)CCN1C(=O)S/C(=C\c2cccs2)C1=O. The Morgan fingerprint density at radius 2 is 2.14 bits per heavy atom. The number of hydrogen-bond acceptors (Lipinski definition) is 6. The minimum atomic E-state index is -0.966. The van der Waals surface area contributed by atoms with Crippen LogP contribution in [-0.2, 0) is 9.59 Å². The molecule has 2 rings (SSSR count). The van der Waals surface area contributed by atoms with Crippen molar-refractivity contribution in [3.05, 3.63) is 27.3 Å². The number of carbonyl (C=O) groups excluding carboxylic acids is 4. The summed E-state index contributed by atoms with van der Waals surface area (Å²) in [5.74, 6) is -1.07. The Hall–Kier alpha value is -2.13. The quantitative estimate of drug-likeness (QED) is 0.813. The van der Waals surface area contributed by atoms with Crippen LogP contribution in [-0.4, -0.2) is 34.5 Å². The van der Waals surface area contributed by atoms with E-state index in [2.05, 4.69) is 0 Å². The van der Waals surface area contributed by atoms with Gasteiger partial charge in [0.05, 0.1) is 4.91 Å². The zero-order chi connectivity index (χ0) is 15.4. The lowest BCUT2D eigenvalue weighted by atomic mass is 10.3. The van der Waals surface area contributed by atoms with Crippen molar-refractivity contribution in [2.24, 2.45) is 5.73 Å². The topological polar surface area (TPSA) is 110 Å². The minimum Gasteiger partial charge on any atom is -0.351 e. The Morgan fingerprint density at radius 1 is 1.38 bits per heavy atom. The Kier molecular flexibility index (Phi) is 4.76. The first-order valence-corrected chi connectivity index (χ1v) is 7.55. The van der Waals surface area contributed by atoms with E-state index < -0.39 is 23.1 Å². The number of hydrogen-bond donors (Lipinski definition) is 2. The number of thiophene rings is 1. The molecule has 0 aliphatic carbocycles. The highest BCUT2D eigenvalue weighted by Crippen LogP contribution is 2.32. The molecule has 7 nitrogen and oxygen atoms in total. The van der Waals surface area contributed by atoms with Gasteiger partial charge in [-0.1, -0.05) is 6.07 Å². The molecule has 0 spiro atoms. The first-order valence-electron chi connectivity index (χ1n) is 5.85. The molecule has 9 heteroatoms. The Bertz CT molecular complexity index is 624. The number of urea groups is 1. The molecule has 0 radical (unpaired) electrons. The fourth-order valence-corrected chi connectivity index (χ4v) is 3.20. The van der Waals surface area contributed by atoms with Crippen LogP contribution in [0.2, 0.25) is 0 Å². The van der Waals surface area contributed by atoms with Crippen molar-refractivity contribution in [1.82, 2.24) is 10.2 Å². The molecular weight excluding hydrogens is 314 g/mol. The lowest BCUT2D eigenvalue weighted by molar-refractivity contribution is -0.123. The molecule has 0 atom stereocenters. The molecule has 1 aromatic heterocycles. The van der Waals surface area contributed by atoms with Crippen molar-refractivity contribution < 1.29 is 19.2 Å². The summed E-state index contributed by atoms with van der Waals surface area (Å²) < 4.78 is 0. The summed E-state index contributed by atoms with van der Waals surface area (Å²) in [4.78, 5) is 47.8. The summed E-state index contributed by atoms with van der Waals surface area (Å²) >= 11 is 2.28. The van der Waals surface area contributed by atoms with Crippen LogP contribution in [0.4, 0.5) is 9.59 Å². The second-order valence-corrected chi connectivity index (χ2v) is 5.98.